The molecular formula is C17H21ClN2O. The van der Waals surface area contributed by atoms with Crippen molar-refractivity contribution in [1.82, 2.24) is 9.97 Å². The van der Waals surface area contributed by atoms with E-state index in [1.54, 1.807) is 0 Å². The second-order valence-electron chi connectivity index (χ2n) is 6.39. The molecule has 1 aromatic carbocycles. The van der Waals surface area contributed by atoms with Crippen LogP contribution in [0.25, 0.3) is 0 Å². The number of benzene rings is 1. The summed E-state index contributed by atoms with van der Waals surface area (Å²) in [5.41, 5.74) is 2.84. The summed E-state index contributed by atoms with van der Waals surface area (Å²) in [6.07, 6.45) is 0. The van der Waals surface area contributed by atoms with Crippen molar-refractivity contribution in [3.8, 4) is 11.6 Å². The topological polar surface area (TPSA) is 35.0 Å². The van der Waals surface area contributed by atoms with Gasteiger partial charge in [-0.05, 0) is 32.4 Å². The molecule has 0 radical (unpaired) electrons. The molecule has 0 saturated heterocycles. The van der Waals surface area contributed by atoms with E-state index in [9.17, 15) is 0 Å². The molecule has 0 unspecified atom stereocenters. The highest BCUT2D eigenvalue weighted by Crippen LogP contribution is 2.31. The third kappa shape index (κ3) is 3.53. The van der Waals surface area contributed by atoms with Gasteiger partial charge in [-0.25, -0.2) is 4.98 Å². The summed E-state index contributed by atoms with van der Waals surface area (Å²) in [4.78, 5) is 8.90. The van der Waals surface area contributed by atoms with Crippen LogP contribution in [-0.4, -0.2) is 9.97 Å². The van der Waals surface area contributed by atoms with Gasteiger partial charge in [-0.15, -0.1) is 0 Å². The van der Waals surface area contributed by atoms with Crippen molar-refractivity contribution >= 4 is 11.6 Å². The molecule has 0 aliphatic carbocycles. The molecule has 0 N–H and O–H groups in total. The Labute approximate surface area is 131 Å². The lowest BCUT2D eigenvalue weighted by molar-refractivity contribution is 0.439. The standard InChI is InChI=1S/C17H21ClN2O/c1-10-7-8-13(11(2)9-10)21-15-12(3)14(18)19-16(20-15)17(4,5)6/h7-9H,1-6H3. The molecule has 1 heterocycles. The molecule has 4 heteroatoms. The van der Waals surface area contributed by atoms with E-state index in [4.69, 9.17) is 16.3 Å². The van der Waals surface area contributed by atoms with Crippen LogP contribution in [0.1, 0.15) is 43.3 Å². The summed E-state index contributed by atoms with van der Waals surface area (Å²) in [6, 6.07) is 6.06. The average molecular weight is 305 g/mol. The minimum absolute atomic E-state index is 0.183. The van der Waals surface area contributed by atoms with Crippen molar-refractivity contribution in [2.24, 2.45) is 0 Å². The Bertz CT molecular complexity index is 675. The smallest absolute Gasteiger partial charge is 0.227 e. The highest BCUT2D eigenvalue weighted by atomic mass is 35.5. The normalized spacial score (nSPS) is 11.6. The molecule has 0 aliphatic rings. The lowest BCUT2D eigenvalue weighted by atomic mass is 9.96. The van der Waals surface area contributed by atoms with Gasteiger partial charge in [-0.1, -0.05) is 50.1 Å². The number of hydrogen-bond donors (Lipinski definition) is 0. The molecule has 2 rings (SSSR count). The highest BCUT2D eigenvalue weighted by Gasteiger charge is 2.21. The molecule has 0 atom stereocenters. The van der Waals surface area contributed by atoms with Gasteiger partial charge in [0.15, 0.2) is 0 Å². The van der Waals surface area contributed by atoms with Crippen LogP contribution >= 0.6 is 11.6 Å². The SMILES string of the molecule is Cc1ccc(Oc2nc(C(C)(C)C)nc(Cl)c2C)c(C)c1. The zero-order valence-electron chi connectivity index (χ0n) is 13.4. The van der Waals surface area contributed by atoms with Crippen molar-refractivity contribution in [2.75, 3.05) is 0 Å². The zero-order valence-corrected chi connectivity index (χ0v) is 14.2. The van der Waals surface area contributed by atoms with Gasteiger partial charge in [0.05, 0.1) is 0 Å². The number of aromatic nitrogens is 2. The molecule has 0 spiro atoms. The van der Waals surface area contributed by atoms with Crippen LogP contribution in [0.3, 0.4) is 0 Å². The lowest BCUT2D eigenvalue weighted by Crippen LogP contribution is -2.17. The Kier molecular flexibility index (Phi) is 4.24. The third-order valence-corrected chi connectivity index (χ3v) is 3.62. The summed E-state index contributed by atoms with van der Waals surface area (Å²) in [5, 5.41) is 0.440. The predicted molar refractivity (Wildman–Crippen MR) is 86.5 cm³/mol. The van der Waals surface area contributed by atoms with Crippen molar-refractivity contribution in [2.45, 2.75) is 47.0 Å². The van der Waals surface area contributed by atoms with Crippen LogP contribution in [0, 0.1) is 20.8 Å². The van der Waals surface area contributed by atoms with Crippen LogP contribution in [0.15, 0.2) is 18.2 Å². The van der Waals surface area contributed by atoms with E-state index in [2.05, 4.69) is 43.7 Å². The van der Waals surface area contributed by atoms with E-state index in [1.165, 1.54) is 5.56 Å². The van der Waals surface area contributed by atoms with Crippen molar-refractivity contribution in [1.29, 1.82) is 0 Å². The van der Waals surface area contributed by atoms with Crippen molar-refractivity contribution < 1.29 is 4.74 Å². The summed E-state index contributed by atoms with van der Waals surface area (Å²) < 4.78 is 5.98. The van der Waals surface area contributed by atoms with Crippen LogP contribution < -0.4 is 4.74 Å². The number of ether oxygens (including phenoxy) is 1. The van der Waals surface area contributed by atoms with Gasteiger partial charge in [-0.2, -0.15) is 4.98 Å². The van der Waals surface area contributed by atoms with Crippen molar-refractivity contribution in [3.05, 3.63) is 45.9 Å². The number of hydrogen-bond acceptors (Lipinski definition) is 3. The van der Waals surface area contributed by atoms with Gasteiger partial charge < -0.3 is 4.74 Å². The summed E-state index contributed by atoms with van der Waals surface area (Å²) >= 11 is 6.23. The Balaban J connectivity index is 2.46. The Morgan fingerprint density at radius 2 is 1.71 bits per heavy atom. The zero-order chi connectivity index (χ0) is 15.8. The van der Waals surface area contributed by atoms with Crippen molar-refractivity contribution in [3.63, 3.8) is 0 Å². The first-order valence-corrected chi connectivity index (χ1v) is 7.36. The first-order valence-electron chi connectivity index (χ1n) is 6.98. The van der Waals surface area contributed by atoms with E-state index < -0.39 is 0 Å². The van der Waals surface area contributed by atoms with Gasteiger partial charge in [0.2, 0.25) is 5.88 Å². The van der Waals surface area contributed by atoms with Crippen LogP contribution in [0.4, 0.5) is 0 Å². The van der Waals surface area contributed by atoms with Gasteiger partial charge in [0, 0.05) is 11.0 Å². The summed E-state index contributed by atoms with van der Waals surface area (Å²) in [7, 11) is 0. The van der Waals surface area contributed by atoms with Crippen LogP contribution in [0.2, 0.25) is 5.15 Å². The molecule has 0 saturated carbocycles. The largest absolute Gasteiger partial charge is 0.438 e. The minimum Gasteiger partial charge on any atom is -0.438 e. The van der Waals surface area contributed by atoms with Gasteiger partial charge in [0.25, 0.3) is 0 Å². The molecule has 0 amide bonds. The maximum atomic E-state index is 6.23. The quantitative estimate of drug-likeness (QED) is 0.720. The van der Waals surface area contributed by atoms with E-state index in [0.29, 0.717) is 16.9 Å². The molecule has 1 aromatic heterocycles. The first kappa shape index (κ1) is 15.8. The Hall–Kier alpha value is -1.61. The molecule has 0 aliphatic heterocycles. The Morgan fingerprint density at radius 1 is 1.05 bits per heavy atom. The minimum atomic E-state index is -0.183. The Morgan fingerprint density at radius 3 is 2.29 bits per heavy atom. The fraction of sp³-hybridized carbons (Fsp3) is 0.412. The van der Waals surface area contributed by atoms with Gasteiger partial charge in [-0.3, -0.25) is 0 Å². The molecule has 0 fully saturated rings. The average Bonchev–Trinajstić information content (AvgIpc) is 2.36. The number of nitrogens with zero attached hydrogens (tertiary/aromatic N) is 2. The van der Waals surface area contributed by atoms with E-state index >= 15 is 0 Å². The van der Waals surface area contributed by atoms with Gasteiger partial charge >= 0.3 is 0 Å². The van der Waals surface area contributed by atoms with Gasteiger partial charge in [0.1, 0.15) is 16.7 Å². The molecule has 112 valence electrons. The molecule has 21 heavy (non-hydrogen) atoms. The molecule has 0 bridgehead atoms. The fourth-order valence-electron chi connectivity index (χ4n) is 1.92. The predicted octanol–water partition coefficient (Wildman–Crippen LogP) is 5.15. The lowest BCUT2D eigenvalue weighted by Gasteiger charge is -2.19. The highest BCUT2D eigenvalue weighted by molar-refractivity contribution is 6.30. The molecular weight excluding hydrogens is 284 g/mol. The van der Waals surface area contributed by atoms with E-state index in [0.717, 1.165) is 16.9 Å². The first-order chi connectivity index (χ1) is 9.68. The summed E-state index contributed by atoms with van der Waals surface area (Å²) in [5.74, 6) is 1.99. The number of aryl methyl sites for hydroxylation is 2. The fourth-order valence-corrected chi connectivity index (χ4v) is 2.08. The second-order valence-corrected chi connectivity index (χ2v) is 6.75. The maximum Gasteiger partial charge on any atom is 0.227 e. The van der Waals surface area contributed by atoms with E-state index in [-0.39, 0.29) is 5.41 Å². The van der Waals surface area contributed by atoms with Crippen LogP contribution in [-0.2, 0) is 5.41 Å². The van der Waals surface area contributed by atoms with E-state index in [1.807, 2.05) is 26.0 Å². The third-order valence-electron chi connectivity index (χ3n) is 3.25. The van der Waals surface area contributed by atoms with Crippen LogP contribution in [0.5, 0.6) is 11.6 Å². The maximum absolute atomic E-state index is 6.23. The monoisotopic (exact) mass is 304 g/mol. The number of halogens is 1. The molecule has 3 nitrogen and oxygen atoms in total. The molecule has 2 aromatic rings. The summed E-state index contributed by atoms with van der Waals surface area (Å²) in [6.45, 7) is 12.1. The number of rotatable bonds is 2. The second kappa shape index (κ2) is 5.64.